The van der Waals surface area contributed by atoms with Gasteiger partial charge in [0.05, 0.1) is 5.69 Å². The summed E-state index contributed by atoms with van der Waals surface area (Å²) in [6.45, 7) is 3.85. The van der Waals surface area contributed by atoms with E-state index in [0.717, 1.165) is 12.8 Å². The number of carbonyl (C=O) groups is 1. The number of hydrogen-bond acceptors (Lipinski definition) is 3. The lowest BCUT2D eigenvalue weighted by molar-refractivity contribution is 0.0656. The van der Waals surface area contributed by atoms with E-state index in [0.29, 0.717) is 17.5 Å². The van der Waals surface area contributed by atoms with Crippen LogP contribution < -0.4 is 0 Å². The van der Waals surface area contributed by atoms with Crippen LogP contribution in [0.3, 0.4) is 0 Å². The second-order valence-corrected chi connectivity index (χ2v) is 4.35. The highest BCUT2D eigenvalue weighted by atomic mass is 16.4. The van der Waals surface area contributed by atoms with Crippen molar-refractivity contribution < 1.29 is 14.3 Å². The molecule has 0 atom stereocenters. The van der Waals surface area contributed by atoms with Crippen LogP contribution in [0.4, 0.5) is 0 Å². The van der Waals surface area contributed by atoms with Gasteiger partial charge in [-0.05, 0) is 18.8 Å². The Kier molecular flexibility index (Phi) is 2.50. The fourth-order valence-corrected chi connectivity index (χ4v) is 1.72. The third-order valence-electron chi connectivity index (χ3n) is 2.87. The molecule has 0 radical (unpaired) electrons. The Morgan fingerprint density at radius 2 is 2.20 bits per heavy atom. The van der Waals surface area contributed by atoms with E-state index in [1.807, 2.05) is 13.8 Å². The van der Waals surface area contributed by atoms with Crippen LogP contribution >= 0.6 is 0 Å². The molecule has 1 aromatic heterocycles. The maximum atomic E-state index is 10.9. The molecule has 1 saturated carbocycles. The van der Waals surface area contributed by atoms with Gasteiger partial charge in [0, 0.05) is 5.92 Å². The lowest BCUT2D eigenvalue weighted by Gasteiger charge is -2.21. The third-order valence-corrected chi connectivity index (χ3v) is 2.87. The molecule has 0 bridgehead atoms. The van der Waals surface area contributed by atoms with Gasteiger partial charge in [-0.2, -0.15) is 0 Å². The Bertz CT molecular complexity index is 377. The minimum atomic E-state index is -1.02. The molecule has 1 N–H and O–H groups in total. The topological polar surface area (TPSA) is 63.3 Å². The van der Waals surface area contributed by atoms with Crippen LogP contribution in [0.1, 0.15) is 67.1 Å². The van der Waals surface area contributed by atoms with E-state index < -0.39 is 5.97 Å². The van der Waals surface area contributed by atoms with Crippen LogP contribution in [0.25, 0.3) is 0 Å². The average molecular weight is 209 g/mol. The van der Waals surface area contributed by atoms with Crippen molar-refractivity contribution in [2.75, 3.05) is 0 Å². The Balaban J connectivity index is 2.34. The number of carboxylic acids is 1. The largest absolute Gasteiger partial charge is 0.475 e. The quantitative estimate of drug-likeness (QED) is 0.831. The number of nitrogens with zero attached hydrogens (tertiary/aromatic N) is 1. The molecule has 2 rings (SSSR count). The summed E-state index contributed by atoms with van der Waals surface area (Å²) in [6.07, 6.45) is 3.32. The fraction of sp³-hybridized carbons (Fsp3) is 0.636. The highest BCUT2D eigenvalue weighted by Crippen LogP contribution is 2.37. The summed E-state index contributed by atoms with van der Waals surface area (Å²) in [5, 5.41) is 8.97. The van der Waals surface area contributed by atoms with Gasteiger partial charge in [-0.15, -0.1) is 0 Å². The SMILES string of the molecule is CC(C)c1nc(C2CCC2)oc1C(=O)O. The molecule has 0 aliphatic heterocycles. The summed E-state index contributed by atoms with van der Waals surface area (Å²) in [5.74, 6) is 0.0512. The minimum absolute atomic E-state index is 0.0203. The molecule has 0 amide bonds. The lowest BCUT2D eigenvalue weighted by atomic mass is 9.85. The van der Waals surface area contributed by atoms with Crippen LogP contribution in [0.2, 0.25) is 0 Å². The first-order chi connectivity index (χ1) is 7.09. The smallest absolute Gasteiger partial charge is 0.373 e. The molecular weight excluding hydrogens is 194 g/mol. The van der Waals surface area contributed by atoms with E-state index in [2.05, 4.69) is 4.98 Å². The molecule has 82 valence electrons. The molecule has 0 unspecified atom stereocenters. The van der Waals surface area contributed by atoms with Crippen molar-refractivity contribution in [1.82, 2.24) is 4.98 Å². The molecule has 1 aromatic rings. The molecule has 1 aliphatic carbocycles. The highest BCUT2D eigenvalue weighted by Gasteiger charge is 2.29. The van der Waals surface area contributed by atoms with Crippen LogP contribution in [0, 0.1) is 0 Å². The summed E-state index contributed by atoms with van der Waals surface area (Å²) in [6, 6.07) is 0. The third kappa shape index (κ3) is 1.76. The number of aromatic nitrogens is 1. The van der Waals surface area contributed by atoms with E-state index in [4.69, 9.17) is 9.52 Å². The summed E-state index contributed by atoms with van der Waals surface area (Å²) in [4.78, 5) is 15.2. The standard InChI is InChI=1S/C11H15NO3/c1-6(2)8-9(11(13)14)15-10(12-8)7-4-3-5-7/h6-7H,3-5H2,1-2H3,(H,13,14). The molecular formula is C11H15NO3. The molecule has 0 aromatic carbocycles. The average Bonchev–Trinajstić information content (AvgIpc) is 2.45. The number of carboxylic acid groups (broad SMARTS) is 1. The first kappa shape index (κ1) is 10.2. The van der Waals surface area contributed by atoms with E-state index >= 15 is 0 Å². The van der Waals surface area contributed by atoms with Gasteiger partial charge in [0.15, 0.2) is 5.89 Å². The Hall–Kier alpha value is -1.32. The predicted molar refractivity (Wildman–Crippen MR) is 54.1 cm³/mol. The number of aromatic carboxylic acids is 1. The van der Waals surface area contributed by atoms with Crippen molar-refractivity contribution in [3.05, 3.63) is 17.3 Å². The minimum Gasteiger partial charge on any atom is -0.475 e. The fourth-order valence-electron chi connectivity index (χ4n) is 1.72. The van der Waals surface area contributed by atoms with Crippen molar-refractivity contribution in [1.29, 1.82) is 0 Å². The van der Waals surface area contributed by atoms with Crippen molar-refractivity contribution in [2.24, 2.45) is 0 Å². The highest BCUT2D eigenvalue weighted by molar-refractivity contribution is 5.85. The van der Waals surface area contributed by atoms with Crippen LogP contribution in [-0.2, 0) is 0 Å². The van der Waals surface area contributed by atoms with Crippen molar-refractivity contribution >= 4 is 5.97 Å². The first-order valence-corrected chi connectivity index (χ1v) is 5.33. The Morgan fingerprint density at radius 3 is 2.53 bits per heavy atom. The van der Waals surface area contributed by atoms with Gasteiger partial charge in [-0.25, -0.2) is 9.78 Å². The second-order valence-electron chi connectivity index (χ2n) is 4.35. The molecule has 15 heavy (non-hydrogen) atoms. The van der Waals surface area contributed by atoms with Gasteiger partial charge in [-0.3, -0.25) is 0 Å². The zero-order chi connectivity index (χ0) is 11.0. The Morgan fingerprint density at radius 1 is 1.53 bits per heavy atom. The maximum absolute atomic E-state index is 10.9. The van der Waals surface area contributed by atoms with Gasteiger partial charge in [0.25, 0.3) is 0 Å². The van der Waals surface area contributed by atoms with Gasteiger partial charge in [-0.1, -0.05) is 20.3 Å². The van der Waals surface area contributed by atoms with Gasteiger partial charge in [0.1, 0.15) is 0 Å². The summed E-state index contributed by atoms with van der Waals surface area (Å²) < 4.78 is 5.33. The van der Waals surface area contributed by atoms with Crippen LogP contribution in [0.5, 0.6) is 0 Å². The lowest BCUT2D eigenvalue weighted by Crippen LogP contribution is -2.09. The predicted octanol–water partition coefficient (Wildman–Crippen LogP) is 2.76. The van der Waals surface area contributed by atoms with E-state index in [1.54, 1.807) is 0 Å². The van der Waals surface area contributed by atoms with E-state index in [1.165, 1.54) is 6.42 Å². The van der Waals surface area contributed by atoms with Gasteiger partial charge >= 0.3 is 5.97 Å². The van der Waals surface area contributed by atoms with Gasteiger partial charge in [0.2, 0.25) is 5.76 Å². The molecule has 4 nitrogen and oxygen atoms in total. The molecule has 1 fully saturated rings. The molecule has 4 heteroatoms. The molecule has 0 saturated heterocycles. The normalized spacial score (nSPS) is 16.7. The summed E-state index contributed by atoms with van der Waals surface area (Å²) >= 11 is 0. The zero-order valence-electron chi connectivity index (χ0n) is 8.99. The maximum Gasteiger partial charge on any atom is 0.373 e. The monoisotopic (exact) mass is 209 g/mol. The zero-order valence-corrected chi connectivity index (χ0v) is 8.99. The first-order valence-electron chi connectivity index (χ1n) is 5.33. The number of rotatable bonds is 3. The second kappa shape index (κ2) is 3.68. The summed E-state index contributed by atoms with van der Waals surface area (Å²) in [7, 11) is 0. The number of hydrogen-bond donors (Lipinski definition) is 1. The molecule has 1 aliphatic rings. The van der Waals surface area contributed by atoms with Crippen molar-refractivity contribution in [3.8, 4) is 0 Å². The van der Waals surface area contributed by atoms with Crippen LogP contribution in [-0.4, -0.2) is 16.1 Å². The van der Waals surface area contributed by atoms with E-state index in [9.17, 15) is 4.79 Å². The van der Waals surface area contributed by atoms with E-state index in [-0.39, 0.29) is 11.7 Å². The van der Waals surface area contributed by atoms with Gasteiger partial charge < -0.3 is 9.52 Å². The number of oxazole rings is 1. The van der Waals surface area contributed by atoms with Crippen LogP contribution in [0.15, 0.2) is 4.42 Å². The summed E-state index contributed by atoms with van der Waals surface area (Å²) in [5.41, 5.74) is 0.574. The molecule has 1 heterocycles. The Labute approximate surface area is 88.3 Å². The molecule has 0 spiro atoms. The van der Waals surface area contributed by atoms with Crippen molar-refractivity contribution in [2.45, 2.75) is 44.9 Å². The van der Waals surface area contributed by atoms with Crippen molar-refractivity contribution in [3.63, 3.8) is 0 Å².